The number of aryl methyl sites for hydroxylation is 1. The lowest BCUT2D eigenvalue weighted by molar-refractivity contribution is 0.249. The monoisotopic (exact) mass is 241 g/mol. The third-order valence-corrected chi connectivity index (χ3v) is 2.27. The average molecular weight is 241 g/mol. The lowest BCUT2D eigenvalue weighted by atomic mass is 10.2. The van der Waals surface area contributed by atoms with Gasteiger partial charge in [-0.15, -0.1) is 0 Å². The molecular weight excluding hydrogens is 230 g/mol. The summed E-state index contributed by atoms with van der Waals surface area (Å²) >= 11 is 1.33. The molecule has 16 heavy (non-hydrogen) atoms. The Labute approximate surface area is 95.5 Å². The van der Waals surface area contributed by atoms with Crippen LogP contribution in [0.2, 0.25) is 0 Å². The molecule has 0 saturated heterocycles. The van der Waals surface area contributed by atoms with Gasteiger partial charge in [-0.05, 0) is 13.2 Å². The predicted molar refractivity (Wildman–Crippen MR) is 61.7 cm³/mol. The number of amides is 2. The first kappa shape index (κ1) is 12.2. The number of hydrogen-bond donors (Lipinski definition) is 3. The molecule has 7 nitrogen and oxygen atoms in total. The minimum atomic E-state index is -0.793. The number of thioether (sulfide) groups is 1. The number of primary amides is 1. The lowest BCUT2D eigenvalue weighted by Gasteiger charge is -2.00. The van der Waals surface area contributed by atoms with Crippen LogP contribution in [0.1, 0.15) is 11.3 Å². The summed E-state index contributed by atoms with van der Waals surface area (Å²) < 4.78 is 0. The van der Waals surface area contributed by atoms with Gasteiger partial charge in [0.1, 0.15) is 0 Å². The Morgan fingerprint density at radius 3 is 2.88 bits per heavy atom. The summed E-state index contributed by atoms with van der Waals surface area (Å²) in [6, 6.07) is -0.793. The van der Waals surface area contributed by atoms with Gasteiger partial charge in [0, 0.05) is 0 Å². The number of carbonyl (C=O) groups excluding carboxylic acids is 1. The second kappa shape index (κ2) is 5.31. The number of rotatable bonds is 3. The first-order valence-electron chi connectivity index (χ1n) is 4.28. The van der Waals surface area contributed by atoms with Crippen LogP contribution in [0.5, 0.6) is 0 Å². The molecule has 0 aliphatic heterocycles. The Morgan fingerprint density at radius 2 is 2.38 bits per heavy atom. The molecule has 1 aromatic rings. The fraction of sp³-hybridized carbons (Fsp3) is 0.250. The number of nitrogens with one attached hydrogen (secondary N) is 2. The van der Waals surface area contributed by atoms with Gasteiger partial charge in [0.2, 0.25) is 0 Å². The number of hydrazone groups is 1. The van der Waals surface area contributed by atoms with Crippen molar-refractivity contribution in [1.82, 2.24) is 15.4 Å². The van der Waals surface area contributed by atoms with Crippen molar-refractivity contribution >= 4 is 24.0 Å². The van der Waals surface area contributed by atoms with Crippen LogP contribution >= 0.6 is 11.8 Å². The summed E-state index contributed by atoms with van der Waals surface area (Å²) in [5, 5.41) is 4.03. The zero-order valence-corrected chi connectivity index (χ0v) is 9.59. The highest BCUT2D eigenvalue weighted by Crippen LogP contribution is 2.06. The molecule has 0 aliphatic carbocycles. The molecule has 8 heteroatoms. The molecule has 0 fully saturated rings. The maximum atomic E-state index is 11.6. The van der Waals surface area contributed by atoms with Crippen LogP contribution in [0.25, 0.3) is 0 Å². The lowest BCUT2D eigenvalue weighted by Crippen LogP contribution is -2.25. The smallest absolute Gasteiger partial charge is 0.332 e. The summed E-state index contributed by atoms with van der Waals surface area (Å²) in [5.74, 6) is 0. The van der Waals surface area contributed by atoms with Crippen molar-refractivity contribution in [3.05, 3.63) is 21.6 Å². The highest BCUT2D eigenvalue weighted by molar-refractivity contribution is 7.98. The quantitative estimate of drug-likeness (QED) is 0.294. The first-order valence-corrected chi connectivity index (χ1v) is 5.50. The molecule has 1 rings (SSSR count). The van der Waals surface area contributed by atoms with Crippen LogP contribution in [0.4, 0.5) is 4.79 Å². The Balaban J connectivity index is 3.01. The fourth-order valence-corrected chi connectivity index (χ4v) is 1.40. The normalized spacial score (nSPS) is 10.6. The summed E-state index contributed by atoms with van der Waals surface area (Å²) in [6.45, 7) is 1.68. The number of nitrogens with two attached hydrogens (primary N) is 1. The van der Waals surface area contributed by atoms with Crippen LogP contribution in [0, 0.1) is 6.92 Å². The zero-order chi connectivity index (χ0) is 12.1. The van der Waals surface area contributed by atoms with E-state index in [-0.39, 0.29) is 11.1 Å². The molecular formula is C8H11N5O2S. The maximum Gasteiger partial charge on any atom is 0.332 e. The molecule has 0 bridgehead atoms. The number of nitrogens with zero attached hydrogens (tertiary/aromatic N) is 2. The number of aromatic nitrogens is 2. The molecule has 0 atom stereocenters. The largest absolute Gasteiger partial charge is 0.350 e. The fourth-order valence-electron chi connectivity index (χ4n) is 0.978. The minimum absolute atomic E-state index is 0.284. The Bertz CT molecular complexity index is 482. The Morgan fingerprint density at radius 1 is 1.69 bits per heavy atom. The highest BCUT2D eigenvalue weighted by Gasteiger charge is 2.05. The van der Waals surface area contributed by atoms with Gasteiger partial charge in [0.15, 0.2) is 5.16 Å². The molecule has 86 valence electrons. The molecule has 0 saturated carbocycles. The van der Waals surface area contributed by atoms with Crippen molar-refractivity contribution in [2.75, 3.05) is 6.26 Å². The van der Waals surface area contributed by atoms with E-state index in [2.05, 4.69) is 15.1 Å². The van der Waals surface area contributed by atoms with E-state index in [1.807, 2.05) is 5.43 Å². The standard InChI is InChI=1S/C8H11N5O2S/c1-4-5(3-10-13-7(9)15)6(14)12-8(11-4)16-2/h3H,1-2H3,(H3,9,13,15)(H,11,12,14). The van der Waals surface area contributed by atoms with E-state index >= 15 is 0 Å². The molecule has 0 aromatic carbocycles. The van der Waals surface area contributed by atoms with Gasteiger partial charge in [0.05, 0.1) is 17.5 Å². The van der Waals surface area contributed by atoms with E-state index in [4.69, 9.17) is 5.73 Å². The Hall–Kier alpha value is -1.83. The van der Waals surface area contributed by atoms with E-state index < -0.39 is 6.03 Å². The minimum Gasteiger partial charge on any atom is -0.350 e. The maximum absolute atomic E-state index is 11.6. The number of carbonyl (C=O) groups is 1. The van der Waals surface area contributed by atoms with E-state index in [0.717, 1.165) is 0 Å². The molecule has 1 aromatic heterocycles. The van der Waals surface area contributed by atoms with Crippen molar-refractivity contribution in [1.29, 1.82) is 0 Å². The highest BCUT2D eigenvalue weighted by atomic mass is 32.2. The van der Waals surface area contributed by atoms with Crippen molar-refractivity contribution < 1.29 is 4.79 Å². The predicted octanol–water partition coefficient (Wildman–Crippen LogP) is -0.198. The van der Waals surface area contributed by atoms with Crippen molar-refractivity contribution in [2.45, 2.75) is 12.1 Å². The number of H-pyrrole nitrogens is 1. The van der Waals surface area contributed by atoms with Gasteiger partial charge in [-0.25, -0.2) is 15.2 Å². The first-order chi connectivity index (χ1) is 7.54. The molecule has 0 unspecified atom stereocenters. The van der Waals surface area contributed by atoms with Crippen LogP contribution in [-0.4, -0.2) is 28.5 Å². The molecule has 0 spiro atoms. The van der Waals surface area contributed by atoms with Gasteiger partial charge >= 0.3 is 6.03 Å². The zero-order valence-electron chi connectivity index (χ0n) is 8.77. The van der Waals surface area contributed by atoms with Gasteiger partial charge < -0.3 is 10.7 Å². The number of aromatic amines is 1. The van der Waals surface area contributed by atoms with Gasteiger partial charge in [0.25, 0.3) is 5.56 Å². The van der Waals surface area contributed by atoms with E-state index in [1.54, 1.807) is 13.2 Å². The van der Waals surface area contributed by atoms with E-state index in [0.29, 0.717) is 10.9 Å². The summed E-state index contributed by atoms with van der Waals surface area (Å²) in [5.41, 5.74) is 7.31. The number of hydrogen-bond acceptors (Lipinski definition) is 5. The molecule has 0 aliphatic rings. The molecule has 4 N–H and O–H groups in total. The Kier molecular flexibility index (Phi) is 4.06. The van der Waals surface area contributed by atoms with Gasteiger partial charge in [-0.1, -0.05) is 11.8 Å². The van der Waals surface area contributed by atoms with Crippen LogP contribution in [-0.2, 0) is 0 Å². The molecule has 0 radical (unpaired) electrons. The second-order valence-electron chi connectivity index (χ2n) is 2.81. The van der Waals surface area contributed by atoms with Gasteiger partial charge in [-0.3, -0.25) is 4.79 Å². The molecule has 1 heterocycles. The van der Waals surface area contributed by atoms with Crippen molar-refractivity contribution in [3.63, 3.8) is 0 Å². The second-order valence-corrected chi connectivity index (χ2v) is 3.60. The third-order valence-electron chi connectivity index (χ3n) is 1.69. The summed E-state index contributed by atoms with van der Waals surface area (Å²) in [7, 11) is 0. The van der Waals surface area contributed by atoms with E-state index in [9.17, 15) is 9.59 Å². The van der Waals surface area contributed by atoms with Crippen LogP contribution in [0.3, 0.4) is 0 Å². The van der Waals surface area contributed by atoms with Gasteiger partial charge in [-0.2, -0.15) is 5.10 Å². The molecule has 2 amide bonds. The van der Waals surface area contributed by atoms with Crippen molar-refractivity contribution in [2.24, 2.45) is 10.8 Å². The number of urea groups is 1. The summed E-state index contributed by atoms with van der Waals surface area (Å²) in [4.78, 5) is 28.6. The SMILES string of the molecule is CSc1nc(C)c(C=NNC(N)=O)c(=O)[nH]1. The van der Waals surface area contributed by atoms with Crippen molar-refractivity contribution in [3.8, 4) is 0 Å². The van der Waals surface area contributed by atoms with Crippen LogP contribution < -0.4 is 16.7 Å². The third kappa shape index (κ3) is 3.09. The average Bonchev–Trinajstić information content (AvgIpc) is 2.21. The topological polar surface area (TPSA) is 113 Å². The van der Waals surface area contributed by atoms with Crippen LogP contribution in [0.15, 0.2) is 15.1 Å². The van der Waals surface area contributed by atoms with E-state index in [1.165, 1.54) is 18.0 Å². The summed E-state index contributed by atoms with van der Waals surface area (Å²) in [6.07, 6.45) is 3.01.